The van der Waals surface area contributed by atoms with Crippen LogP contribution in [0.4, 0.5) is 0 Å². The summed E-state index contributed by atoms with van der Waals surface area (Å²) < 4.78 is 0. The van der Waals surface area contributed by atoms with E-state index in [1.165, 1.54) is 0 Å². The molecule has 4 heteroatoms. The first kappa shape index (κ1) is 9.43. The van der Waals surface area contributed by atoms with Gasteiger partial charge in [-0.25, -0.2) is 0 Å². The summed E-state index contributed by atoms with van der Waals surface area (Å²) in [6, 6.07) is 6.44. The Labute approximate surface area is 82.5 Å². The van der Waals surface area contributed by atoms with E-state index in [9.17, 15) is 4.79 Å². The fourth-order valence-corrected chi connectivity index (χ4v) is 1.40. The molecule has 0 spiro atoms. The van der Waals surface area contributed by atoms with E-state index in [0.717, 1.165) is 12.8 Å². The summed E-state index contributed by atoms with van der Waals surface area (Å²) in [5.41, 5.74) is 1.08. The van der Waals surface area contributed by atoms with E-state index in [1.807, 2.05) is 0 Å². The SMILES string of the molecule is O=C(c1ccc(B(O)O)cc1)C1CC1. The van der Waals surface area contributed by atoms with Gasteiger partial charge in [0.2, 0.25) is 0 Å². The number of carbonyl (C=O) groups excluding carboxylic acids is 1. The van der Waals surface area contributed by atoms with Gasteiger partial charge in [-0.15, -0.1) is 0 Å². The minimum atomic E-state index is -1.46. The Morgan fingerprint density at radius 2 is 1.79 bits per heavy atom. The number of hydrogen-bond donors (Lipinski definition) is 2. The molecule has 3 nitrogen and oxygen atoms in total. The van der Waals surface area contributed by atoms with Crippen LogP contribution < -0.4 is 5.46 Å². The van der Waals surface area contributed by atoms with E-state index in [1.54, 1.807) is 24.3 Å². The molecule has 0 aromatic heterocycles. The Morgan fingerprint density at radius 1 is 1.21 bits per heavy atom. The number of Topliss-reactive ketones (excluding diaryl/α,β-unsaturated/α-hetero) is 1. The zero-order valence-electron chi connectivity index (χ0n) is 7.68. The first-order valence-electron chi connectivity index (χ1n) is 4.69. The maximum atomic E-state index is 11.6. The van der Waals surface area contributed by atoms with E-state index < -0.39 is 7.12 Å². The molecule has 72 valence electrons. The van der Waals surface area contributed by atoms with Crippen molar-refractivity contribution < 1.29 is 14.8 Å². The summed E-state index contributed by atoms with van der Waals surface area (Å²) >= 11 is 0. The van der Waals surface area contributed by atoms with Gasteiger partial charge in [-0.3, -0.25) is 4.79 Å². The van der Waals surface area contributed by atoms with Crippen LogP contribution in [-0.2, 0) is 0 Å². The molecule has 1 aliphatic rings. The number of benzene rings is 1. The van der Waals surface area contributed by atoms with E-state index in [0.29, 0.717) is 11.0 Å². The van der Waals surface area contributed by atoms with Crippen LogP contribution in [0.25, 0.3) is 0 Å². The molecule has 1 aromatic carbocycles. The molecule has 1 saturated carbocycles. The highest BCUT2D eigenvalue weighted by molar-refractivity contribution is 6.58. The first-order valence-corrected chi connectivity index (χ1v) is 4.69. The van der Waals surface area contributed by atoms with Gasteiger partial charge in [0, 0.05) is 11.5 Å². The summed E-state index contributed by atoms with van der Waals surface area (Å²) in [7, 11) is -1.46. The molecule has 1 aromatic rings. The van der Waals surface area contributed by atoms with Crippen molar-refractivity contribution in [3.63, 3.8) is 0 Å². The summed E-state index contributed by atoms with van der Waals surface area (Å²) in [5.74, 6) is 0.379. The summed E-state index contributed by atoms with van der Waals surface area (Å²) in [5, 5.41) is 17.7. The van der Waals surface area contributed by atoms with Gasteiger partial charge in [-0.05, 0) is 18.3 Å². The van der Waals surface area contributed by atoms with Crippen LogP contribution in [0.2, 0.25) is 0 Å². The Morgan fingerprint density at radius 3 is 2.21 bits per heavy atom. The number of hydrogen-bond acceptors (Lipinski definition) is 3. The van der Waals surface area contributed by atoms with Gasteiger partial charge >= 0.3 is 7.12 Å². The highest BCUT2D eigenvalue weighted by Gasteiger charge is 2.30. The fourth-order valence-electron chi connectivity index (χ4n) is 1.40. The Kier molecular flexibility index (Phi) is 2.39. The second kappa shape index (κ2) is 3.56. The van der Waals surface area contributed by atoms with E-state index in [4.69, 9.17) is 10.0 Å². The number of rotatable bonds is 3. The maximum absolute atomic E-state index is 11.6. The van der Waals surface area contributed by atoms with Crippen molar-refractivity contribution in [2.45, 2.75) is 12.8 Å². The summed E-state index contributed by atoms with van der Waals surface area (Å²) in [6.45, 7) is 0. The average molecular weight is 190 g/mol. The Hall–Kier alpha value is -1.13. The van der Waals surface area contributed by atoms with Crippen LogP contribution in [0.15, 0.2) is 24.3 Å². The van der Waals surface area contributed by atoms with Crippen LogP contribution in [0.3, 0.4) is 0 Å². The topological polar surface area (TPSA) is 57.5 Å². The van der Waals surface area contributed by atoms with Gasteiger partial charge in [0.15, 0.2) is 5.78 Å². The average Bonchev–Trinajstić information content (AvgIpc) is 3.00. The van der Waals surface area contributed by atoms with Crippen molar-refractivity contribution in [3.05, 3.63) is 29.8 Å². The molecule has 0 radical (unpaired) electrons. The lowest BCUT2D eigenvalue weighted by Gasteiger charge is -2.01. The van der Waals surface area contributed by atoms with Crippen molar-refractivity contribution in [1.82, 2.24) is 0 Å². The lowest BCUT2D eigenvalue weighted by molar-refractivity contribution is 0.0967. The third-order valence-corrected chi connectivity index (χ3v) is 2.44. The third-order valence-electron chi connectivity index (χ3n) is 2.44. The van der Waals surface area contributed by atoms with Gasteiger partial charge < -0.3 is 10.0 Å². The van der Waals surface area contributed by atoms with Crippen LogP contribution in [-0.4, -0.2) is 22.9 Å². The summed E-state index contributed by atoms with van der Waals surface area (Å²) in [4.78, 5) is 11.6. The molecular weight excluding hydrogens is 179 g/mol. The largest absolute Gasteiger partial charge is 0.488 e. The second-order valence-electron chi connectivity index (χ2n) is 3.63. The second-order valence-corrected chi connectivity index (χ2v) is 3.63. The smallest absolute Gasteiger partial charge is 0.423 e. The van der Waals surface area contributed by atoms with E-state index in [2.05, 4.69) is 0 Å². The minimum Gasteiger partial charge on any atom is -0.423 e. The lowest BCUT2D eigenvalue weighted by Crippen LogP contribution is -2.29. The normalized spacial score (nSPS) is 15.3. The Balaban J connectivity index is 2.16. The molecule has 0 saturated heterocycles. The van der Waals surface area contributed by atoms with Gasteiger partial charge in [-0.2, -0.15) is 0 Å². The van der Waals surface area contributed by atoms with Crippen LogP contribution in [0.1, 0.15) is 23.2 Å². The molecule has 1 fully saturated rings. The van der Waals surface area contributed by atoms with Crippen molar-refractivity contribution in [2.75, 3.05) is 0 Å². The molecular formula is C10H11BO3. The summed E-state index contributed by atoms with van der Waals surface area (Å²) in [6.07, 6.45) is 1.98. The third kappa shape index (κ3) is 1.86. The van der Waals surface area contributed by atoms with E-state index in [-0.39, 0.29) is 11.7 Å². The monoisotopic (exact) mass is 190 g/mol. The number of ketones is 1. The highest BCUT2D eigenvalue weighted by Crippen LogP contribution is 2.32. The first-order chi connectivity index (χ1) is 6.68. The predicted molar refractivity (Wildman–Crippen MR) is 53.3 cm³/mol. The zero-order valence-corrected chi connectivity index (χ0v) is 7.68. The molecule has 0 heterocycles. The van der Waals surface area contributed by atoms with Crippen LogP contribution in [0, 0.1) is 5.92 Å². The van der Waals surface area contributed by atoms with Crippen molar-refractivity contribution >= 4 is 18.4 Å². The fraction of sp³-hybridized carbons (Fsp3) is 0.300. The molecule has 0 amide bonds. The lowest BCUT2D eigenvalue weighted by atomic mass is 9.80. The van der Waals surface area contributed by atoms with Gasteiger partial charge in [0.25, 0.3) is 0 Å². The van der Waals surface area contributed by atoms with Crippen molar-refractivity contribution in [3.8, 4) is 0 Å². The quantitative estimate of drug-likeness (QED) is 0.519. The van der Waals surface area contributed by atoms with Crippen molar-refractivity contribution in [1.29, 1.82) is 0 Å². The van der Waals surface area contributed by atoms with E-state index >= 15 is 0 Å². The Bertz CT molecular complexity index is 341. The van der Waals surface area contributed by atoms with Crippen LogP contribution in [0.5, 0.6) is 0 Å². The molecule has 14 heavy (non-hydrogen) atoms. The zero-order chi connectivity index (χ0) is 10.1. The standard InChI is InChI=1S/C10H11BO3/c12-10(7-1-2-7)8-3-5-9(6-4-8)11(13)14/h3-7,13-14H,1-2H2. The minimum absolute atomic E-state index is 0.170. The van der Waals surface area contributed by atoms with Gasteiger partial charge in [-0.1, -0.05) is 24.3 Å². The molecule has 0 aliphatic heterocycles. The van der Waals surface area contributed by atoms with Crippen molar-refractivity contribution in [2.24, 2.45) is 5.92 Å². The molecule has 0 atom stereocenters. The molecule has 0 unspecified atom stereocenters. The molecule has 2 N–H and O–H groups in total. The van der Waals surface area contributed by atoms with Gasteiger partial charge in [0.05, 0.1) is 0 Å². The van der Waals surface area contributed by atoms with Gasteiger partial charge in [0.1, 0.15) is 0 Å². The highest BCUT2D eigenvalue weighted by atomic mass is 16.4. The number of carbonyl (C=O) groups is 1. The predicted octanol–water partition coefficient (Wildman–Crippen LogP) is -0.0409. The van der Waals surface area contributed by atoms with Crippen LogP contribution >= 0.6 is 0 Å². The maximum Gasteiger partial charge on any atom is 0.488 e. The molecule has 2 rings (SSSR count). The molecule has 1 aliphatic carbocycles. The molecule has 0 bridgehead atoms.